The van der Waals surface area contributed by atoms with Gasteiger partial charge >= 0.3 is 0 Å². The van der Waals surface area contributed by atoms with Gasteiger partial charge in [-0.15, -0.1) is 0 Å². The van der Waals surface area contributed by atoms with Crippen LogP contribution < -0.4 is 10.5 Å². The Morgan fingerprint density at radius 1 is 1.44 bits per heavy atom. The minimum atomic E-state index is -0.306. The normalized spacial score (nSPS) is 10.9. The van der Waals surface area contributed by atoms with Crippen molar-refractivity contribution in [3.8, 4) is 5.75 Å². The number of carbonyl (C=O) groups is 1. The van der Waals surface area contributed by atoms with Crippen molar-refractivity contribution < 1.29 is 9.53 Å². The van der Waals surface area contributed by atoms with E-state index in [2.05, 4.69) is 0 Å². The van der Waals surface area contributed by atoms with Gasteiger partial charge in [-0.05, 0) is 38.5 Å². The summed E-state index contributed by atoms with van der Waals surface area (Å²) in [4.78, 5) is 12.9. The summed E-state index contributed by atoms with van der Waals surface area (Å²) >= 11 is 0. The van der Waals surface area contributed by atoms with Gasteiger partial charge in [0.15, 0.2) is 0 Å². The molecule has 0 spiro atoms. The second-order valence-electron chi connectivity index (χ2n) is 4.70. The van der Waals surface area contributed by atoms with Crippen LogP contribution in [0.4, 0.5) is 0 Å². The van der Waals surface area contributed by atoms with Crippen molar-refractivity contribution in [2.45, 2.75) is 26.8 Å². The first-order valence-corrected chi connectivity index (χ1v) is 6.21. The number of amides is 1. The van der Waals surface area contributed by atoms with E-state index in [0.717, 1.165) is 5.75 Å². The molecule has 0 radical (unpaired) electrons. The number of hydrogen-bond donors (Lipinski definition) is 1. The number of benzene rings is 1. The predicted molar refractivity (Wildman–Crippen MR) is 72.6 cm³/mol. The number of primary amides is 1. The van der Waals surface area contributed by atoms with E-state index in [9.17, 15) is 4.79 Å². The van der Waals surface area contributed by atoms with Gasteiger partial charge in [0.2, 0.25) is 5.91 Å². The average molecular weight is 250 g/mol. The van der Waals surface area contributed by atoms with Crippen molar-refractivity contribution in [3.05, 3.63) is 29.8 Å². The Morgan fingerprint density at radius 2 is 2.17 bits per heavy atom. The number of aryl methyl sites for hydroxylation is 1. The Kier molecular flexibility index (Phi) is 5.65. The summed E-state index contributed by atoms with van der Waals surface area (Å²) in [6.45, 7) is 7.61. The monoisotopic (exact) mass is 250 g/mol. The Balaban J connectivity index is 2.41. The Labute approximate surface area is 109 Å². The average Bonchev–Trinajstić information content (AvgIpc) is 2.27. The van der Waals surface area contributed by atoms with Crippen LogP contribution in [0.15, 0.2) is 24.3 Å². The summed E-state index contributed by atoms with van der Waals surface area (Å²) in [5.41, 5.74) is 6.38. The highest BCUT2D eigenvalue weighted by Gasteiger charge is 2.11. The highest BCUT2D eigenvalue weighted by atomic mass is 16.5. The largest absolute Gasteiger partial charge is 0.492 e. The summed E-state index contributed by atoms with van der Waals surface area (Å²) < 4.78 is 5.66. The molecule has 0 aliphatic carbocycles. The Bertz CT molecular complexity index is 391. The van der Waals surface area contributed by atoms with Gasteiger partial charge in [-0.1, -0.05) is 12.1 Å². The van der Waals surface area contributed by atoms with Crippen LogP contribution in [0.2, 0.25) is 0 Å². The van der Waals surface area contributed by atoms with Crippen LogP contribution in [0.1, 0.15) is 19.4 Å². The molecule has 4 nitrogen and oxygen atoms in total. The Morgan fingerprint density at radius 3 is 2.72 bits per heavy atom. The fraction of sp³-hybridized carbons (Fsp3) is 0.500. The van der Waals surface area contributed by atoms with Crippen molar-refractivity contribution >= 4 is 5.91 Å². The van der Waals surface area contributed by atoms with Crippen LogP contribution in [0.5, 0.6) is 5.75 Å². The minimum Gasteiger partial charge on any atom is -0.492 e. The zero-order chi connectivity index (χ0) is 13.5. The van der Waals surface area contributed by atoms with E-state index in [1.807, 2.05) is 49.9 Å². The molecule has 0 atom stereocenters. The summed E-state index contributed by atoms with van der Waals surface area (Å²) in [5, 5.41) is 0. The summed E-state index contributed by atoms with van der Waals surface area (Å²) in [6.07, 6.45) is 0. The lowest BCUT2D eigenvalue weighted by atomic mass is 10.2. The topological polar surface area (TPSA) is 55.6 Å². The van der Waals surface area contributed by atoms with Gasteiger partial charge in [0.25, 0.3) is 0 Å². The molecule has 1 aromatic carbocycles. The molecular weight excluding hydrogens is 228 g/mol. The van der Waals surface area contributed by atoms with Crippen LogP contribution in [-0.4, -0.2) is 36.5 Å². The van der Waals surface area contributed by atoms with Crippen molar-refractivity contribution in [1.82, 2.24) is 4.90 Å². The SMILES string of the molecule is Cc1cccc(OCCN(CC(N)=O)C(C)C)c1. The molecule has 100 valence electrons. The number of rotatable bonds is 7. The molecule has 4 heteroatoms. The maximum absolute atomic E-state index is 10.9. The third kappa shape index (κ3) is 5.19. The lowest BCUT2D eigenvalue weighted by Gasteiger charge is -2.24. The first-order valence-electron chi connectivity index (χ1n) is 6.21. The van der Waals surface area contributed by atoms with Crippen molar-refractivity contribution in [2.75, 3.05) is 19.7 Å². The van der Waals surface area contributed by atoms with Crippen LogP contribution in [0.25, 0.3) is 0 Å². The molecule has 1 aromatic rings. The van der Waals surface area contributed by atoms with E-state index in [-0.39, 0.29) is 18.5 Å². The smallest absolute Gasteiger partial charge is 0.231 e. The molecule has 0 aromatic heterocycles. The van der Waals surface area contributed by atoms with E-state index in [1.54, 1.807) is 0 Å². The van der Waals surface area contributed by atoms with Gasteiger partial charge in [0.05, 0.1) is 6.54 Å². The first-order chi connectivity index (χ1) is 8.49. The number of ether oxygens (including phenoxy) is 1. The fourth-order valence-electron chi connectivity index (χ4n) is 1.71. The van der Waals surface area contributed by atoms with Crippen LogP contribution in [-0.2, 0) is 4.79 Å². The second kappa shape index (κ2) is 7.01. The van der Waals surface area contributed by atoms with Gasteiger partial charge in [0, 0.05) is 12.6 Å². The highest BCUT2D eigenvalue weighted by Crippen LogP contribution is 2.12. The summed E-state index contributed by atoms with van der Waals surface area (Å²) in [5.74, 6) is 0.553. The standard InChI is InChI=1S/C14H22N2O2/c1-11(2)16(10-14(15)17)7-8-18-13-6-4-5-12(3)9-13/h4-6,9,11H,7-8,10H2,1-3H3,(H2,15,17). The third-order valence-electron chi connectivity index (χ3n) is 2.73. The first kappa shape index (κ1) is 14.5. The molecule has 2 N–H and O–H groups in total. The summed E-state index contributed by atoms with van der Waals surface area (Å²) in [7, 11) is 0. The second-order valence-corrected chi connectivity index (χ2v) is 4.70. The minimum absolute atomic E-state index is 0.273. The maximum atomic E-state index is 10.9. The van der Waals surface area contributed by atoms with Crippen molar-refractivity contribution in [1.29, 1.82) is 0 Å². The zero-order valence-electron chi connectivity index (χ0n) is 11.3. The summed E-state index contributed by atoms with van der Waals surface area (Å²) in [6, 6.07) is 8.20. The molecule has 0 bridgehead atoms. The van der Waals surface area contributed by atoms with Gasteiger partial charge in [-0.3, -0.25) is 9.69 Å². The van der Waals surface area contributed by atoms with Gasteiger partial charge in [0.1, 0.15) is 12.4 Å². The van der Waals surface area contributed by atoms with E-state index in [0.29, 0.717) is 13.2 Å². The number of hydrogen-bond acceptors (Lipinski definition) is 3. The van der Waals surface area contributed by atoms with Gasteiger partial charge in [-0.2, -0.15) is 0 Å². The molecule has 18 heavy (non-hydrogen) atoms. The zero-order valence-corrected chi connectivity index (χ0v) is 11.3. The van der Waals surface area contributed by atoms with Gasteiger partial charge in [-0.25, -0.2) is 0 Å². The van der Waals surface area contributed by atoms with Crippen LogP contribution in [0, 0.1) is 6.92 Å². The Hall–Kier alpha value is -1.55. The molecule has 0 fully saturated rings. The van der Waals surface area contributed by atoms with E-state index in [4.69, 9.17) is 10.5 Å². The van der Waals surface area contributed by atoms with E-state index >= 15 is 0 Å². The molecule has 0 unspecified atom stereocenters. The fourth-order valence-corrected chi connectivity index (χ4v) is 1.71. The number of nitrogens with zero attached hydrogens (tertiary/aromatic N) is 1. The number of nitrogens with two attached hydrogens (primary N) is 1. The number of carbonyl (C=O) groups excluding carboxylic acids is 1. The molecule has 0 aliphatic rings. The highest BCUT2D eigenvalue weighted by molar-refractivity contribution is 5.75. The molecule has 1 rings (SSSR count). The molecule has 1 amide bonds. The van der Waals surface area contributed by atoms with Crippen LogP contribution >= 0.6 is 0 Å². The molecule has 0 aliphatic heterocycles. The van der Waals surface area contributed by atoms with Gasteiger partial charge < -0.3 is 10.5 Å². The lowest BCUT2D eigenvalue weighted by molar-refractivity contribution is -0.119. The predicted octanol–water partition coefficient (Wildman–Crippen LogP) is 1.57. The van der Waals surface area contributed by atoms with Crippen molar-refractivity contribution in [3.63, 3.8) is 0 Å². The third-order valence-corrected chi connectivity index (χ3v) is 2.73. The molecule has 0 saturated carbocycles. The maximum Gasteiger partial charge on any atom is 0.231 e. The van der Waals surface area contributed by atoms with E-state index < -0.39 is 0 Å². The quantitative estimate of drug-likeness (QED) is 0.799. The van der Waals surface area contributed by atoms with Crippen LogP contribution in [0.3, 0.4) is 0 Å². The lowest BCUT2D eigenvalue weighted by Crippen LogP contribution is -2.40. The molecular formula is C14H22N2O2. The van der Waals surface area contributed by atoms with Crippen molar-refractivity contribution in [2.24, 2.45) is 5.73 Å². The molecule has 0 heterocycles. The van der Waals surface area contributed by atoms with E-state index in [1.165, 1.54) is 5.56 Å². The molecule has 0 saturated heterocycles.